The van der Waals surface area contributed by atoms with Gasteiger partial charge in [-0.1, -0.05) is 12.1 Å². The Morgan fingerprint density at radius 2 is 1.94 bits per heavy atom. The molecular weight excluding hydrogens is 226 g/mol. The van der Waals surface area contributed by atoms with Crippen molar-refractivity contribution in [2.45, 2.75) is 6.92 Å². The lowest BCUT2D eigenvalue weighted by Crippen LogP contribution is -2.47. The van der Waals surface area contributed by atoms with Crippen molar-refractivity contribution in [2.24, 2.45) is 5.92 Å². The summed E-state index contributed by atoms with van der Waals surface area (Å²) in [5.41, 5.74) is 0.908. The lowest BCUT2D eigenvalue weighted by atomic mass is 10.1. The van der Waals surface area contributed by atoms with Crippen LogP contribution in [0.15, 0.2) is 24.3 Å². The number of hydrogen-bond acceptors (Lipinski definition) is 4. The lowest BCUT2D eigenvalue weighted by molar-refractivity contribution is 0.241. The summed E-state index contributed by atoms with van der Waals surface area (Å²) in [4.78, 5) is 4.51. The zero-order chi connectivity index (χ0) is 13.0. The Morgan fingerprint density at radius 1 is 1.28 bits per heavy atom. The minimum Gasteiger partial charge on any atom is -0.506 e. The molecule has 1 aliphatic rings. The summed E-state index contributed by atoms with van der Waals surface area (Å²) >= 11 is 0. The molecule has 18 heavy (non-hydrogen) atoms. The molecular formula is C14H19N3O. The van der Waals surface area contributed by atoms with Crippen LogP contribution < -0.4 is 4.90 Å². The van der Waals surface area contributed by atoms with E-state index in [-0.39, 0.29) is 5.92 Å². The molecule has 1 aromatic rings. The highest BCUT2D eigenvalue weighted by atomic mass is 16.3. The molecule has 0 spiro atoms. The number of hydrogen-bond donors (Lipinski definition) is 1. The Balaban J connectivity index is 1.91. The van der Waals surface area contributed by atoms with Gasteiger partial charge in [-0.05, 0) is 19.1 Å². The number of phenols is 1. The first kappa shape index (κ1) is 12.7. The molecule has 4 nitrogen and oxygen atoms in total. The topological polar surface area (TPSA) is 50.5 Å². The number of rotatable bonds is 3. The van der Waals surface area contributed by atoms with Crippen LogP contribution in [0.25, 0.3) is 0 Å². The average molecular weight is 245 g/mol. The van der Waals surface area contributed by atoms with Crippen molar-refractivity contribution in [3.05, 3.63) is 24.3 Å². The Bertz CT molecular complexity index is 433. The third-order valence-electron chi connectivity index (χ3n) is 3.35. The molecule has 0 aliphatic carbocycles. The molecule has 1 aliphatic heterocycles. The quantitative estimate of drug-likeness (QED) is 0.880. The Labute approximate surface area is 108 Å². The second-order valence-corrected chi connectivity index (χ2v) is 4.81. The van der Waals surface area contributed by atoms with Crippen LogP contribution in [-0.4, -0.2) is 42.7 Å². The van der Waals surface area contributed by atoms with E-state index < -0.39 is 0 Å². The van der Waals surface area contributed by atoms with Crippen molar-refractivity contribution in [3.63, 3.8) is 0 Å². The predicted molar refractivity (Wildman–Crippen MR) is 71.5 cm³/mol. The molecule has 1 aromatic carbocycles. The second kappa shape index (κ2) is 5.74. The summed E-state index contributed by atoms with van der Waals surface area (Å²) in [7, 11) is 0. The maximum atomic E-state index is 9.81. The molecule has 4 heteroatoms. The number of para-hydroxylation sites is 2. The minimum atomic E-state index is 0.0849. The minimum absolute atomic E-state index is 0.0849. The maximum absolute atomic E-state index is 9.81. The molecule has 0 aromatic heterocycles. The lowest BCUT2D eigenvalue weighted by Gasteiger charge is -2.36. The first-order valence-electron chi connectivity index (χ1n) is 6.35. The normalized spacial score (nSPS) is 18.3. The molecule has 0 bridgehead atoms. The molecule has 1 fully saturated rings. The van der Waals surface area contributed by atoms with Crippen molar-refractivity contribution in [1.82, 2.24) is 4.90 Å². The van der Waals surface area contributed by atoms with E-state index in [0.29, 0.717) is 5.75 Å². The van der Waals surface area contributed by atoms with Crippen LogP contribution >= 0.6 is 0 Å². The van der Waals surface area contributed by atoms with E-state index in [1.807, 2.05) is 25.1 Å². The molecule has 1 saturated heterocycles. The number of phenolic OH excluding ortho intramolecular Hbond substituents is 1. The van der Waals surface area contributed by atoms with Crippen LogP contribution in [0.3, 0.4) is 0 Å². The van der Waals surface area contributed by atoms with E-state index in [4.69, 9.17) is 5.26 Å². The van der Waals surface area contributed by atoms with Crippen molar-refractivity contribution in [2.75, 3.05) is 37.6 Å². The van der Waals surface area contributed by atoms with Gasteiger partial charge >= 0.3 is 0 Å². The zero-order valence-electron chi connectivity index (χ0n) is 10.7. The molecule has 0 saturated carbocycles. The van der Waals surface area contributed by atoms with Gasteiger partial charge in [0.2, 0.25) is 0 Å². The molecule has 0 radical (unpaired) electrons. The number of nitrogens with zero attached hydrogens (tertiary/aromatic N) is 3. The standard InChI is InChI=1S/C14H19N3O/c1-12(10-15)11-16-6-8-17(9-7-16)13-4-2-3-5-14(13)18/h2-5,12,18H,6-9,11H2,1H3/t12-/m0/s1. The smallest absolute Gasteiger partial charge is 0.138 e. The van der Waals surface area contributed by atoms with Crippen molar-refractivity contribution in [1.29, 1.82) is 5.26 Å². The van der Waals surface area contributed by atoms with Crippen LogP contribution in [0.1, 0.15) is 6.92 Å². The Kier molecular flexibility index (Phi) is 4.06. The van der Waals surface area contributed by atoms with E-state index in [2.05, 4.69) is 15.9 Å². The highest BCUT2D eigenvalue weighted by molar-refractivity contribution is 5.57. The number of benzene rings is 1. The van der Waals surface area contributed by atoms with Crippen LogP contribution in [0.5, 0.6) is 5.75 Å². The largest absolute Gasteiger partial charge is 0.506 e. The van der Waals surface area contributed by atoms with Crippen LogP contribution in [-0.2, 0) is 0 Å². The van der Waals surface area contributed by atoms with Crippen molar-refractivity contribution in [3.8, 4) is 11.8 Å². The first-order valence-corrected chi connectivity index (χ1v) is 6.35. The first-order chi connectivity index (χ1) is 8.70. The SMILES string of the molecule is C[C@@H](C#N)CN1CCN(c2ccccc2O)CC1. The summed E-state index contributed by atoms with van der Waals surface area (Å²) < 4.78 is 0. The van der Waals surface area contributed by atoms with E-state index >= 15 is 0 Å². The van der Waals surface area contributed by atoms with Crippen molar-refractivity contribution < 1.29 is 5.11 Å². The van der Waals surface area contributed by atoms with Gasteiger partial charge in [-0.3, -0.25) is 4.90 Å². The molecule has 2 rings (SSSR count). The van der Waals surface area contributed by atoms with Gasteiger partial charge in [-0.15, -0.1) is 0 Å². The Hall–Kier alpha value is -1.73. The molecule has 1 N–H and O–H groups in total. The number of nitriles is 1. The molecule has 96 valence electrons. The fourth-order valence-corrected chi connectivity index (χ4v) is 2.33. The van der Waals surface area contributed by atoms with Crippen LogP contribution in [0, 0.1) is 17.2 Å². The van der Waals surface area contributed by atoms with Gasteiger partial charge in [0.25, 0.3) is 0 Å². The van der Waals surface area contributed by atoms with Crippen molar-refractivity contribution >= 4 is 5.69 Å². The summed E-state index contributed by atoms with van der Waals surface area (Å²) in [6.45, 7) is 6.48. The average Bonchev–Trinajstić information content (AvgIpc) is 2.40. The van der Waals surface area contributed by atoms with Crippen LogP contribution in [0.2, 0.25) is 0 Å². The van der Waals surface area contributed by atoms with E-state index in [9.17, 15) is 5.11 Å². The van der Waals surface area contributed by atoms with E-state index in [1.165, 1.54) is 0 Å². The van der Waals surface area contributed by atoms with Gasteiger partial charge in [0.05, 0.1) is 17.7 Å². The zero-order valence-corrected chi connectivity index (χ0v) is 10.7. The molecule has 0 unspecified atom stereocenters. The summed E-state index contributed by atoms with van der Waals surface area (Å²) in [5.74, 6) is 0.429. The van der Waals surface area contributed by atoms with Gasteiger partial charge in [0.15, 0.2) is 0 Å². The van der Waals surface area contributed by atoms with Crippen LogP contribution in [0.4, 0.5) is 5.69 Å². The highest BCUT2D eigenvalue weighted by Crippen LogP contribution is 2.27. The monoisotopic (exact) mass is 245 g/mol. The predicted octanol–water partition coefficient (Wildman–Crippen LogP) is 1.67. The van der Waals surface area contributed by atoms with E-state index in [1.54, 1.807) is 6.07 Å². The second-order valence-electron chi connectivity index (χ2n) is 4.81. The van der Waals surface area contributed by atoms with Gasteiger partial charge in [-0.25, -0.2) is 0 Å². The maximum Gasteiger partial charge on any atom is 0.138 e. The third-order valence-corrected chi connectivity index (χ3v) is 3.35. The van der Waals surface area contributed by atoms with Gasteiger partial charge in [0.1, 0.15) is 5.75 Å². The third kappa shape index (κ3) is 2.93. The fourth-order valence-electron chi connectivity index (χ4n) is 2.33. The van der Waals surface area contributed by atoms with E-state index in [0.717, 1.165) is 38.4 Å². The van der Waals surface area contributed by atoms with Gasteiger partial charge in [-0.2, -0.15) is 5.26 Å². The fraction of sp³-hybridized carbons (Fsp3) is 0.500. The summed E-state index contributed by atoms with van der Waals surface area (Å²) in [6, 6.07) is 9.72. The summed E-state index contributed by atoms with van der Waals surface area (Å²) in [6.07, 6.45) is 0. The molecule has 1 heterocycles. The van der Waals surface area contributed by atoms with Gasteiger partial charge in [0, 0.05) is 32.7 Å². The number of piperazine rings is 1. The summed E-state index contributed by atoms with van der Waals surface area (Å²) in [5, 5.41) is 18.6. The number of aromatic hydroxyl groups is 1. The highest BCUT2D eigenvalue weighted by Gasteiger charge is 2.19. The number of anilines is 1. The van der Waals surface area contributed by atoms with Gasteiger partial charge < -0.3 is 10.0 Å². The Morgan fingerprint density at radius 3 is 2.56 bits per heavy atom. The molecule has 1 atom stereocenters. The molecule has 0 amide bonds.